The highest BCUT2D eigenvalue weighted by atomic mass is 16.2. The average molecular weight is 361 g/mol. The first kappa shape index (κ1) is 17.8. The van der Waals surface area contributed by atoms with Crippen LogP contribution in [0.1, 0.15) is 47.0 Å². The highest BCUT2D eigenvalue weighted by molar-refractivity contribution is 5.92. The molecule has 1 aliphatic carbocycles. The number of nitrogens with one attached hydrogen (secondary N) is 1. The molecule has 0 unspecified atom stereocenters. The third-order valence-electron chi connectivity index (χ3n) is 5.77. The van der Waals surface area contributed by atoms with Crippen molar-refractivity contribution >= 4 is 16.8 Å². The summed E-state index contributed by atoms with van der Waals surface area (Å²) >= 11 is 0. The molecule has 0 radical (unpaired) electrons. The van der Waals surface area contributed by atoms with Crippen LogP contribution in [0.4, 0.5) is 0 Å². The minimum absolute atomic E-state index is 0.0766. The Kier molecular flexibility index (Phi) is 4.50. The average Bonchev–Trinajstić information content (AvgIpc) is 3.42. The normalized spacial score (nSPS) is 15.1. The molecule has 1 N–H and O–H groups in total. The number of carbonyl (C=O) groups excluding carboxylic acids is 1. The topological polar surface area (TPSA) is 49.0 Å². The van der Waals surface area contributed by atoms with Gasteiger partial charge in [0.2, 0.25) is 5.91 Å². The van der Waals surface area contributed by atoms with E-state index < -0.39 is 0 Å². The second-order valence-electron chi connectivity index (χ2n) is 7.95. The van der Waals surface area contributed by atoms with E-state index in [1.165, 1.54) is 29.4 Å². The van der Waals surface area contributed by atoms with Gasteiger partial charge in [0.1, 0.15) is 0 Å². The largest absolute Gasteiger partial charge is 0.358 e. The maximum atomic E-state index is 13.2. The predicted molar refractivity (Wildman–Crippen MR) is 109 cm³/mol. The summed E-state index contributed by atoms with van der Waals surface area (Å²) in [6.07, 6.45) is 4.58. The van der Waals surface area contributed by atoms with Crippen LogP contribution in [0.25, 0.3) is 10.9 Å². The summed E-state index contributed by atoms with van der Waals surface area (Å²) in [7, 11) is 1.93. The fourth-order valence-corrected chi connectivity index (χ4v) is 4.21. The zero-order chi connectivity index (χ0) is 19.1. The molecular formula is C23H27N3O. The number of amides is 1. The SMILES string of the molecule is Cc1cc(C)c2[nH]c(C)c(CC(=O)N(C)[C@@H](c3ccccn3)C3CC3)c2c1. The number of carbonyl (C=O) groups is 1. The van der Waals surface area contributed by atoms with Crippen molar-refractivity contribution in [3.8, 4) is 0 Å². The Morgan fingerprint density at radius 1 is 1.26 bits per heavy atom. The van der Waals surface area contributed by atoms with Crippen LogP contribution in [0.15, 0.2) is 36.5 Å². The van der Waals surface area contributed by atoms with E-state index in [4.69, 9.17) is 0 Å². The Labute approximate surface area is 160 Å². The van der Waals surface area contributed by atoms with Crippen molar-refractivity contribution in [2.75, 3.05) is 7.05 Å². The van der Waals surface area contributed by atoms with E-state index in [1.807, 2.05) is 36.3 Å². The molecule has 0 bridgehead atoms. The number of rotatable bonds is 5. The lowest BCUT2D eigenvalue weighted by molar-refractivity contribution is -0.131. The van der Waals surface area contributed by atoms with E-state index in [9.17, 15) is 4.79 Å². The Morgan fingerprint density at radius 3 is 2.70 bits per heavy atom. The molecule has 4 nitrogen and oxygen atoms in total. The van der Waals surface area contributed by atoms with Gasteiger partial charge >= 0.3 is 0 Å². The molecule has 1 aliphatic rings. The number of benzene rings is 1. The van der Waals surface area contributed by atoms with Crippen LogP contribution >= 0.6 is 0 Å². The third-order valence-corrected chi connectivity index (χ3v) is 5.77. The Balaban J connectivity index is 1.64. The van der Waals surface area contributed by atoms with Crippen molar-refractivity contribution in [2.45, 2.75) is 46.1 Å². The lowest BCUT2D eigenvalue weighted by atomic mass is 10.0. The van der Waals surface area contributed by atoms with Gasteiger partial charge in [-0.05, 0) is 68.9 Å². The zero-order valence-electron chi connectivity index (χ0n) is 16.5. The second-order valence-corrected chi connectivity index (χ2v) is 7.95. The summed E-state index contributed by atoms with van der Waals surface area (Å²) in [6, 6.07) is 10.4. The molecule has 0 saturated heterocycles. The summed E-state index contributed by atoms with van der Waals surface area (Å²) in [4.78, 5) is 23.1. The van der Waals surface area contributed by atoms with E-state index in [-0.39, 0.29) is 11.9 Å². The highest BCUT2D eigenvalue weighted by Crippen LogP contribution is 2.43. The van der Waals surface area contributed by atoms with Crippen LogP contribution < -0.4 is 0 Å². The zero-order valence-corrected chi connectivity index (χ0v) is 16.5. The maximum Gasteiger partial charge on any atom is 0.227 e. The summed E-state index contributed by atoms with van der Waals surface area (Å²) in [6.45, 7) is 6.29. The van der Waals surface area contributed by atoms with Gasteiger partial charge in [-0.1, -0.05) is 17.7 Å². The second kappa shape index (κ2) is 6.84. The highest BCUT2D eigenvalue weighted by Gasteiger charge is 2.37. The number of likely N-dealkylation sites (N-methyl/N-ethyl adjacent to an activating group) is 1. The minimum Gasteiger partial charge on any atom is -0.358 e. The summed E-state index contributed by atoms with van der Waals surface area (Å²) in [5.41, 5.74) is 6.80. The van der Waals surface area contributed by atoms with Crippen LogP contribution in [-0.4, -0.2) is 27.8 Å². The number of H-pyrrole nitrogens is 1. The first-order valence-corrected chi connectivity index (χ1v) is 9.70. The molecule has 1 fully saturated rings. The molecular weight excluding hydrogens is 334 g/mol. The third kappa shape index (κ3) is 3.36. The van der Waals surface area contributed by atoms with Crippen LogP contribution in [0.5, 0.6) is 0 Å². The van der Waals surface area contributed by atoms with E-state index in [1.54, 1.807) is 0 Å². The molecule has 1 saturated carbocycles. The fourth-order valence-electron chi connectivity index (χ4n) is 4.21. The number of aryl methyl sites for hydroxylation is 3. The van der Waals surface area contributed by atoms with E-state index >= 15 is 0 Å². The van der Waals surface area contributed by atoms with Gasteiger partial charge in [0.05, 0.1) is 18.2 Å². The van der Waals surface area contributed by atoms with Crippen molar-refractivity contribution in [3.63, 3.8) is 0 Å². The molecule has 4 heteroatoms. The van der Waals surface area contributed by atoms with Crippen LogP contribution in [0.2, 0.25) is 0 Å². The van der Waals surface area contributed by atoms with Gasteiger partial charge in [-0.2, -0.15) is 0 Å². The number of aromatic nitrogens is 2. The van der Waals surface area contributed by atoms with Gasteiger partial charge in [-0.15, -0.1) is 0 Å². The summed E-state index contributed by atoms with van der Waals surface area (Å²) in [5.74, 6) is 0.683. The molecule has 1 atom stereocenters. The number of fused-ring (bicyclic) bond motifs is 1. The van der Waals surface area contributed by atoms with Crippen LogP contribution in [-0.2, 0) is 11.2 Å². The Morgan fingerprint density at radius 2 is 2.04 bits per heavy atom. The summed E-state index contributed by atoms with van der Waals surface area (Å²) in [5, 5.41) is 1.17. The lowest BCUT2D eigenvalue weighted by Gasteiger charge is -2.28. The van der Waals surface area contributed by atoms with Crippen LogP contribution in [0.3, 0.4) is 0 Å². The molecule has 0 aliphatic heterocycles. The minimum atomic E-state index is 0.0766. The number of hydrogen-bond acceptors (Lipinski definition) is 2. The standard InChI is InChI=1S/C23H27N3O/c1-14-11-15(2)22-19(12-14)18(16(3)25-22)13-21(27)26(4)23(17-8-9-17)20-7-5-6-10-24-20/h5-7,10-12,17,23,25H,8-9,13H2,1-4H3/t23-/m1/s1. The monoisotopic (exact) mass is 361 g/mol. The molecule has 27 heavy (non-hydrogen) atoms. The van der Waals surface area contributed by atoms with Gasteiger partial charge in [0, 0.05) is 29.8 Å². The van der Waals surface area contributed by atoms with E-state index in [0.717, 1.165) is 22.5 Å². The lowest BCUT2D eigenvalue weighted by Crippen LogP contribution is -2.34. The first-order chi connectivity index (χ1) is 13.0. The van der Waals surface area contributed by atoms with Crippen molar-refractivity contribution in [1.29, 1.82) is 0 Å². The Bertz CT molecular complexity index is 986. The van der Waals surface area contributed by atoms with Gasteiger partial charge < -0.3 is 9.88 Å². The maximum absolute atomic E-state index is 13.2. The number of hydrogen-bond donors (Lipinski definition) is 1. The Hall–Kier alpha value is -2.62. The van der Waals surface area contributed by atoms with E-state index in [2.05, 4.69) is 42.9 Å². The van der Waals surface area contributed by atoms with Gasteiger partial charge in [-0.3, -0.25) is 9.78 Å². The molecule has 3 aromatic rings. The van der Waals surface area contributed by atoms with Crippen molar-refractivity contribution in [1.82, 2.24) is 14.9 Å². The number of aromatic amines is 1. The van der Waals surface area contributed by atoms with Gasteiger partial charge in [-0.25, -0.2) is 0 Å². The molecule has 0 spiro atoms. The molecule has 1 aromatic carbocycles. The molecule has 140 valence electrons. The van der Waals surface area contributed by atoms with Gasteiger partial charge in [0.25, 0.3) is 0 Å². The first-order valence-electron chi connectivity index (χ1n) is 9.70. The van der Waals surface area contributed by atoms with Crippen LogP contribution in [0, 0.1) is 26.7 Å². The molecule has 2 aromatic heterocycles. The van der Waals surface area contributed by atoms with Crippen molar-refractivity contribution in [2.24, 2.45) is 5.92 Å². The van der Waals surface area contributed by atoms with Crippen molar-refractivity contribution < 1.29 is 4.79 Å². The fraction of sp³-hybridized carbons (Fsp3) is 0.391. The quantitative estimate of drug-likeness (QED) is 0.720. The summed E-state index contributed by atoms with van der Waals surface area (Å²) < 4.78 is 0. The molecule has 4 rings (SSSR count). The predicted octanol–water partition coefficient (Wildman–Crippen LogP) is 4.64. The number of nitrogens with zero attached hydrogens (tertiary/aromatic N) is 2. The van der Waals surface area contributed by atoms with Gasteiger partial charge in [0.15, 0.2) is 0 Å². The van der Waals surface area contributed by atoms with Crippen molar-refractivity contribution in [3.05, 3.63) is 64.6 Å². The molecule has 2 heterocycles. The smallest absolute Gasteiger partial charge is 0.227 e. The number of pyridine rings is 1. The molecule has 1 amide bonds. The van der Waals surface area contributed by atoms with E-state index in [0.29, 0.717) is 12.3 Å².